The molecule has 114 valence electrons. The lowest BCUT2D eigenvalue weighted by atomic mass is 10.1. The van der Waals surface area contributed by atoms with Crippen molar-refractivity contribution < 1.29 is 14.3 Å². The number of benzene rings is 2. The zero-order valence-electron chi connectivity index (χ0n) is 12.3. The number of halogens is 1. The van der Waals surface area contributed by atoms with E-state index in [0.717, 1.165) is 3.57 Å². The van der Waals surface area contributed by atoms with Gasteiger partial charge in [0.05, 0.1) is 0 Å². The molecule has 0 bridgehead atoms. The van der Waals surface area contributed by atoms with Gasteiger partial charge in [-0.2, -0.15) is 0 Å². The van der Waals surface area contributed by atoms with E-state index in [4.69, 9.17) is 4.74 Å². The molecule has 2 aromatic carbocycles. The summed E-state index contributed by atoms with van der Waals surface area (Å²) in [6.45, 7) is 3.17. The molecule has 0 aliphatic carbocycles. The Labute approximate surface area is 143 Å². The number of carbonyl (C=O) groups is 2. The second kappa shape index (κ2) is 7.40. The fourth-order valence-corrected chi connectivity index (χ4v) is 2.37. The number of Topliss-reactive ketones (excluding diaryl/α,β-unsaturated/α-hetero) is 1. The van der Waals surface area contributed by atoms with Crippen LogP contribution in [-0.4, -0.2) is 17.8 Å². The molecule has 2 aromatic rings. The molecule has 0 radical (unpaired) electrons. The van der Waals surface area contributed by atoms with Gasteiger partial charge in [0.15, 0.2) is 11.9 Å². The van der Waals surface area contributed by atoms with E-state index in [9.17, 15) is 9.59 Å². The molecule has 0 heterocycles. The van der Waals surface area contributed by atoms with Crippen LogP contribution in [0.4, 0.5) is 5.69 Å². The van der Waals surface area contributed by atoms with Gasteiger partial charge in [0, 0.05) is 14.8 Å². The fraction of sp³-hybridized carbons (Fsp3) is 0.176. The number of ketones is 1. The highest BCUT2D eigenvalue weighted by molar-refractivity contribution is 14.1. The van der Waals surface area contributed by atoms with Gasteiger partial charge in [-0.15, -0.1) is 0 Å². The number of rotatable bonds is 5. The van der Waals surface area contributed by atoms with Gasteiger partial charge in [0.25, 0.3) is 5.91 Å². The smallest absolute Gasteiger partial charge is 0.265 e. The second-order valence-corrected chi connectivity index (χ2v) is 6.09. The Bertz CT molecular complexity index is 700. The van der Waals surface area contributed by atoms with Crippen molar-refractivity contribution >= 4 is 40.0 Å². The fourth-order valence-electron chi connectivity index (χ4n) is 1.86. The molecule has 0 aliphatic rings. The van der Waals surface area contributed by atoms with Crippen LogP contribution in [-0.2, 0) is 4.79 Å². The maximum Gasteiger partial charge on any atom is 0.265 e. The molecular formula is C17H16INO3. The Morgan fingerprint density at radius 3 is 2.55 bits per heavy atom. The summed E-state index contributed by atoms with van der Waals surface area (Å²) >= 11 is 2.19. The van der Waals surface area contributed by atoms with Crippen LogP contribution in [0.3, 0.4) is 0 Å². The topological polar surface area (TPSA) is 55.4 Å². The third-order valence-corrected chi connectivity index (χ3v) is 3.69. The lowest BCUT2D eigenvalue weighted by Crippen LogP contribution is -2.30. The van der Waals surface area contributed by atoms with Crippen molar-refractivity contribution in [2.75, 3.05) is 5.32 Å². The summed E-state index contributed by atoms with van der Waals surface area (Å²) in [6, 6.07) is 14.3. The Balaban J connectivity index is 2.02. The zero-order chi connectivity index (χ0) is 16.1. The summed E-state index contributed by atoms with van der Waals surface area (Å²) in [6.07, 6.45) is -0.640. The molecule has 5 heteroatoms. The summed E-state index contributed by atoms with van der Waals surface area (Å²) in [5.74, 6) is 0.339. The van der Waals surface area contributed by atoms with Crippen LogP contribution in [0.25, 0.3) is 0 Å². The van der Waals surface area contributed by atoms with Crippen LogP contribution < -0.4 is 10.1 Å². The molecule has 0 aliphatic heterocycles. The number of carbonyl (C=O) groups excluding carboxylic acids is 2. The van der Waals surface area contributed by atoms with E-state index in [0.29, 0.717) is 17.0 Å². The lowest BCUT2D eigenvalue weighted by Gasteiger charge is -2.15. The van der Waals surface area contributed by atoms with Crippen molar-refractivity contribution in [2.24, 2.45) is 0 Å². The van der Waals surface area contributed by atoms with Crippen molar-refractivity contribution in [1.29, 1.82) is 0 Å². The highest BCUT2D eigenvalue weighted by Gasteiger charge is 2.15. The van der Waals surface area contributed by atoms with Crippen LogP contribution in [0.15, 0.2) is 48.5 Å². The highest BCUT2D eigenvalue weighted by Crippen LogP contribution is 2.17. The molecule has 22 heavy (non-hydrogen) atoms. The Kier molecular flexibility index (Phi) is 5.54. The first-order chi connectivity index (χ1) is 10.5. The molecule has 1 N–H and O–H groups in total. The summed E-state index contributed by atoms with van der Waals surface area (Å²) < 4.78 is 6.66. The molecule has 1 unspecified atom stereocenters. The second-order valence-electron chi connectivity index (χ2n) is 4.84. The van der Waals surface area contributed by atoms with Crippen LogP contribution in [0.5, 0.6) is 5.75 Å². The molecule has 0 aromatic heterocycles. The van der Waals surface area contributed by atoms with E-state index in [1.807, 2.05) is 24.3 Å². The predicted octanol–water partition coefficient (Wildman–Crippen LogP) is 3.90. The Morgan fingerprint density at radius 1 is 1.14 bits per heavy atom. The normalized spacial score (nSPS) is 11.6. The van der Waals surface area contributed by atoms with Crippen molar-refractivity contribution in [1.82, 2.24) is 0 Å². The van der Waals surface area contributed by atoms with Gasteiger partial charge in [-0.3, -0.25) is 9.59 Å². The predicted molar refractivity (Wildman–Crippen MR) is 94.3 cm³/mol. The van der Waals surface area contributed by atoms with E-state index >= 15 is 0 Å². The monoisotopic (exact) mass is 409 g/mol. The maximum atomic E-state index is 12.2. The average molecular weight is 409 g/mol. The van der Waals surface area contributed by atoms with E-state index in [1.54, 1.807) is 31.2 Å². The third kappa shape index (κ3) is 4.56. The molecular weight excluding hydrogens is 393 g/mol. The molecule has 1 amide bonds. The summed E-state index contributed by atoms with van der Waals surface area (Å²) in [4.78, 5) is 23.5. The van der Waals surface area contributed by atoms with Crippen molar-refractivity contribution in [3.05, 3.63) is 57.7 Å². The van der Waals surface area contributed by atoms with Crippen LogP contribution in [0.1, 0.15) is 24.2 Å². The Morgan fingerprint density at radius 2 is 1.86 bits per heavy atom. The highest BCUT2D eigenvalue weighted by atomic mass is 127. The summed E-state index contributed by atoms with van der Waals surface area (Å²) in [5.41, 5.74) is 1.14. The first kappa shape index (κ1) is 16.5. The molecule has 0 spiro atoms. The van der Waals surface area contributed by atoms with Gasteiger partial charge in [0.2, 0.25) is 0 Å². The quantitative estimate of drug-likeness (QED) is 0.602. The number of ether oxygens (including phenoxy) is 1. The minimum atomic E-state index is -0.640. The lowest BCUT2D eigenvalue weighted by molar-refractivity contribution is -0.122. The molecule has 4 nitrogen and oxygen atoms in total. The first-order valence-electron chi connectivity index (χ1n) is 6.80. The minimum absolute atomic E-state index is 0.0424. The maximum absolute atomic E-state index is 12.2. The number of hydrogen-bond acceptors (Lipinski definition) is 3. The largest absolute Gasteiger partial charge is 0.481 e. The Hall–Kier alpha value is -1.89. The van der Waals surface area contributed by atoms with Gasteiger partial charge in [-0.25, -0.2) is 0 Å². The zero-order valence-corrected chi connectivity index (χ0v) is 14.5. The van der Waals surface area contributed by atoms with Gasteiger partial charge >= 0.3 is 0 Å². The van der Waals surface area contributed by atoms with Gasteiger partial charge in [-0.05, 0) is 66.8 Å². The molecule has 2 rings (SSSR count). The number of hydrogen-bond donors (Lipinski definition) is 1. The molecule has 0 saturated heterocycles. The van der Waals surface area contributed by atoms with E-state index in [1.165, 1.54) is 6.92 Å². The number of anilines is 1. The first-order valence-corrected chi connectivity index (χ1v) is 7.87. The van der Waals surface area contributed by atoms with Gasteiger partial charge in [0.1, 0.15) is 5.75 Å². The van der Waals surface area contributed by atoms with E-state index in [2.05, 4.69) is 27.9 Å². The van der Waals surface area contributed by atoms with Crippen molar-refractivity contribution in [3.63, 3.8) is 0 Å². The summed E-state index contributed by atoms with van der Waals surface area (Å²) in [5, 5.41) is 2.75. The summed E-state index contributed by atoms with van der Waals surface area (Å²) in [7, 11) is 0. The minimum Gasteiger partial charge on any atom is -0.481 e. The van der Waals surface area contributed by atoms with Crippen LogP contribution >= 0.6 is 22.6 Å². The number of amides is 1. The van der Waals surface area contributed by atoms with Crippen LogP contribution in [0, 0.1) is 3.57 Å². The standard InChI is InChI=1S/C17H16INO3/c1-11(20)13-5-3-7-15(9-13)19-17(21)12(2)22-16-8-4-6-14(18)10-16/h3-10,12H,1-2H3,(H,19,21). The van der Waals surface area contributed by atoms with E-state index < -0.39 is 6.10 Å². The van der Waals surface area contributed by atoms with E-state index in [-0.39, 0.29) is 11.7 Å². The van der Waals surface area contributed by atoms with Crippen molar-refractivity contribution in [2.45, 2.75) is 20.0 Å². The SMILES string of the molecule is CC(=O)c1cccc(NC(=O)C(C)Oc2cccc(I)c2)c1. The molecule has 0 saturated carbocycles. The van der Waals surface area contributed by atoms with Gasteiger partial charge in [-0.1, -0.05) is 18.2 Å². The average Bonchev–Trinajstić information content (AvgIpc) is 2.47. The number of nitrogens with one attached hydrogen (secondary N) is 1. The molecule has 0 fully saturated rings. The van der Waals surface area contributed by atoms with Gasteiger partial charge < -0.3 is 10.1 Å². The van der Waals surface area contributed by atoms with Crippen molar-refractivity contribution in [3.8, 4) is 5.75 Å². The molecule has 1 atom stereocenters. The third-order valence-electron chi connectivity index (χ3n) is 3.01. The van der Waals surface area contributed by atoms with Crippen LogP contribution in [0.2, 0.25) is 0 Å².